The molecule has 12 heteroatoms. The zero-order valence-corrected chi connectivity index (χ0v) is 27.5. The van der Waals surface area contributed by atoms with Gasteiger partial charge in [-0.05, 0) is 76.3 Å². The van der Waals surface area contributed by atoms with E-state index in [0.29, 0.717) is 29.4 Å². The van der Waals surface area contributed by atoms with Gasteiger partial charge >= 0.3 is 0 Å². The Morgan fingerprint density at radius 1 is 1.09 bits per heavy atom. The highest BCUT2D eigenvalue weighted by Gasteiger charge is 2.20. The second-order valence-electron chi connectivity index (χ2n) is 10.4. The first-order valence-corrected chi connectivity index (χ1v) is 16.7. The summed E-state index contributed by atoms with van der Waals surface area (Å²) in [6.45, 7) is 6.08. The van der Waals surface area contributed by atoms with Crippen LogP contribution in [0.2, 0.25) is 0 Å². The first-order valence-electron chi connectivity index (χ1n) is 14.0. The highest BCUT2D eigenvalue weighted by Crippen LogP contribution is 2.34. The van der Waals surface area contributed by atoms with Crippen LogP contribution in [-0.4, -0.2) is 28.4 Å². The predicted molar refractivity (Wildman–Crippen MR) is 176 cm³/mol. The van der Waals surface area contributed by atoms with Gasteiger partial charge in [-0.3, -0.25) is 0 Å². The number of anilines is 2. The minimum atomic E-state index is -2.42. The van der Waals surface area contributed by atoms with Crippen LogP contribution in [0.3, 0.4) is 0 Å². The molecule has 44 heavy (non-hydrogen) atoms. The van der Waals surface area contributed by atoms with Crippen LogP contribution in [0, 0.1) is 11.7 Å². The fourth-order valence-electron chi connectivity index (χ4n) is 4.46. The lowest BCUT2D eigenvalue weighted by molar-refractivity contribution is 0.184. The molecule has 2 aromatic heterocycles. The van der Waals surface area contributed by atoms with Gasteiger partial charge in [-0.15, -0.1) is 11.3 Å². The van der Waals surface area contributed by atoms with E-state index in [-0.39, 0.29) is 23.4 Å². The molecule has 0 saturated heterocycles. The molecule has 2 heterocycles. The normalized spacial score (nSPS) is 12.0. The van der Waals surface area contributed by atoms with Crippen LogP contribution in [0.25, 0.3) is 22.2 Å². The second-order valence-corrected chi connectivity index (χ2v) is 13.1. The molecule has 0 radical (unpaired) electrons. The number of aromatic nitrogens is 3. The molecule has 0 aliphatic carbocycles. The highest BCUT2D eigenvalue weighted by molar-refractivity contribution is 9.10. The average molecular weight is 698 g/mol. The van der Waals surface area contributed by atoms with E-state index in [4.69, 9.17) is 14.5 Å². The van der Waals surface area contributed by atoms with E-state index >= 15 is 0 Å². The summed E-state index contributed by atoms with van der Waals surface area (Å²) in [7, 11) is -2.42. The minimum Gasteiger partial charge on any atom is -0.488 e. The molecule has 5 aromatic rings. The zero-order valence-electron chi connectivity index (χ0n) is 24.3. The lowest BCUT2D eigenvalue weighted by Crippen LogP contribution is -2.14. The lowest BCUT2D eigenvalue weighted by Gasteiger charge is -2.14. The van der Waals surface area contributed by atoms with Gasteiger partial charge in [-0.2, -0.15) is 8.42 Å². The van der Waals surface area contributed by atoms with E-state index in [1.54, 1.807) is 6.07 Å². The Labute approximate surface area is 269 Å². The molecule has 8 nitrogen and oxygen atoms in total. The van der Waals surface area contributed by atoms with E-state index in [1.165, 1.54) is 29.8 Å². The summed E-state index contributed by atoms with van der Waals surface area (Å²) < 4.78 is 49.5. The first-order chi connectivity index (χ1) is 21.2. The topological polar surface area (TPSA) is 103 Å². The van der Waals surface area contributed by atoms with Gasteiger partial charge < -0.3 is 14.8 Å². The van der Waals surface area contributed by atoms with Crippen LogP contribution in [0.1, 0.15) is 50.3 Å². The molecule has 0 fully saturated rings. The molecule has 0 saturated carbocycles. The number of thiazole rings is 1. The summed E-state index contributed by atoms with van der Waals surface area (Å²) >= 11 is 5.00. The van der Waals surface area contributed by atoms with Crippen molar-refractivity contribution < 1.29 is 22.3 Å². The van der Waals surface area contributed by atoms with Crippen molar-refractivity contribution in [3.8, 4) is 17.0 Å². The number of benzene rings is 3. The average Bonchev–Trinajstić information content (AvgIpc) is 3.49. The van der Waals surface area contributed by atoms with Gasteiger partial charge in [0, 0.05) is 28.4 Å². The molecule has 5 rings (SSSR count). The Balaban J connectivity index is 1.35. The van der Waals surface area contributed by atoms with Crippen LogP contribution >= 0.6 is 27.3 Å². The number of halogens is 2. The number of nitrogens with one attached hydrogen (secondary N) is 1. The number of rotatable bonds is 11. The van der Waals surface area contributed by atoms with Gasteiger partial charge in [-0.1, -0.05) is 39.0 Å². The lowest BCUT2D eigenvalue weighted by atomic mass is 10.1. The SMILES string of the molecule is CCC(OC(CC(C)C)=S(=O)=O)c1nc(-c2ccc3ncnc(Nc4ccc(OCc5cccc(F)c5)c(Br)c4)c3c2)cs1. The number of ether oxygens (including phenoxy) is 2. The molecule has 0 amide bonds. The predicted octanol–water partition coefficient (Wildman–Crippen LogP) is 8.50. The minimum absolute atomic E-state index is 0.0555. The van der Waals surface area contributed by atoms with Crippen LogP contribution in [0.15, 0.2) is 76.8 Å². The Kier molecular flexibility index (Phi) is 10.4. The maximum Gasteiger partial charge on any atom is 0.240 e. The van der Waals surface area contributed by atoms with Crippen molar-refractivity contribution >= 4 is 65.0 Å². The largest absolute Gasteiger partial charge is 0.488 e. The number of fused-ring (bicyclic) bond motifs is 1. The molecular formula is C32H30BrFN4O4S2. The monoisotopic (exact) mass is 696 g/mol. The summed E-state index contributed by atoms with van der Waals surface area (Å²) in [5, 5.41) is 6.88. The Morgan fingerprint density at radius 3 is 2.66 bits per heavy atom. The third-order valence-electron chi connectivity index (χ3n) is 6.61. The number of nitrogens with zero attached hydrogens (tertiary/aromatic N) is 3. The van der Waals surface area contributed by atoms with Crippen molar-refractivity contribution in [3.05, 3.63) is 93.2 Å². The number of hydrogen-bond acceptors (Lipinski definition) is 9. The van der Waals surface area contributed by atoms with Gasteiger partial charge in [-0.25, -0.2) is 19.3 Å². The molecule has 1 N–H and O–H groups in total. The highest BCUT2D eigenvalue weighted by atomic mass is 79.9. The molecule has 0 bridgehead atoms. The Hall–Kier alpha value is -3.71. The fourth-order valence-corrected chi connectivity index (χ4v) is 6.56. The van der Waals surface area contributed by atoms with E-state index < -0.39 is 16.4 Å². The summed E-state index contributed by atoms with van der Waals surface area (Å²) in [6, 6.07) is 17.7. The zero-order chi connectivity index (χ0) is 31.2. The third-order valence-corrected chi connectivity index (χ3v) is 8.80. The molecule has 0 spiro atoms. The van der Waals surface area contributed by atoms with E-state index in [9.17, 15) is 12.8 Å². The van der Waals surface area contributed by atoms with Crippen LogP contribution in [0.5, 0.6) is 5.75 Å². The molecule has 1 unspecified atom stereocenters. The van der Waals surface area contributed by atoms with Gasteiger partial charge in [0.2, 0.25) is 10.3 Å². The molecule has 3 aromatic carbocycles. The van der Waals surface area contributed by atoms with Crippen LogP contribution < -0.4 is 10.1 Å². The molecule has 0 aliphatic heterocycles. The van der Waals surface area contributed by atoms with Gasteiger partial charge in [0.15, 0.2) is 5.05 Å². The van der Waals surface area contributed by atoms with Gasteiger partial charge in [0.1, 0.15) is 41.4 Å². The summed E-state index contributed by atoms with van der Waals surface area (Å²) in [4.78, 5) is 13.7. The van der Waals surface area contributed by atoms with Gasteiger partial charge in [0.05, 0.1) is 15.7 Å². The van der Waals surface area contributed by atoms with Crippen molar-refractivity contribution in [3.63, 3.8) is 0 Å². The maximum atomic E-state index is 13.5. The van der Waals surface area contributed by atoms with Crippen LogP contribution in [0.4, 0.5) is 15.9 Å². The van der Waals surface area contributed by atoms with Crippen LogP contribution in [-0.2, 0) is 21.6 Å². The second kappa shape index (κ2) is 14.4. The van der Waals surface area contributed by atoms with Crippen molar-refractivity contribution in [1.29, 1.82) is 0 Å². The maximum absolute atomic E-state index is 13.5. The standard InChI is InChI=1S/C32H30BrFN4O4S2/c1-4-28(42-30(44(39)40)12-19(2)3)32-38-27(17-43-32)21-8-10-26-24(14-21)31(36-18-35-26)37-23-9-11-29(25(33)15-23)41-16-20-6-5-7-22(34)13-20/h5-11,13-15,17-19,28H,4,12,16H2,1-3H3,(H,35,36,37). The van der Waals surface area contributed by atoms with E-state index in [1.807, 2.05) is 68.6 Å². The number of hydrogen-bond donors (Lipinski definition) is 1. The third kappa shape index (κ3) is 7.86. The smallest absolute Gasteiger partial charge is 0.240 e. The van der Waals surface area contributed by atoms with E-state index in [2.05, 4.69) is 31.2 Å². The summed E-state index contributed by atoms with van der Waals surface area (Å²) in [6.07, 6.45) is 1.97. The van der Waals surface area contributed by atoms with E-state index in [0.717, 1.165) is 37.9 Å². The van der Waals surface area contributed by atoms with Gasteiger partial charge in [0.25, 0.3) is 0 Å². The fraction of sp³-hybridized carbons (Fsp3) is 0.250. The Bertz CT molecular complexity index is 1920. The van der Waals surface area contributed by atoms with Crippen molar-refractivity contribution in [1.82, 2.24) is 15.0 Å². The van der Waals surface area contributed by atoms with Crippen molar-refractivity contribution in [2.24, 2.45) is 5.92 Å². The van der Waals surface area contributed by atoms with Crippen molar-refractivity contribution in [2.75, 3.05) is 5.32 Å². The summed E-state index contributed by atoms with van der Waals surface area (Å²) in [5.41, 5.74) is 3.90. The Morgan fingerprint density at radius 2 is 1.93 bits per heavy atom. The van der Waals surface area contributed by atoms with Crippen molar-refractivity contribution in [2.45, 2.75) is 46.3 Å². The molecule has 1 atom stereocenters. The quantitative estimate of drug-likeness (QED) is 0.137. The first kappa shape index (κ1) is 31.7. The molecule has 228 valence electrons. The molecule has 0 aliphatic rings. The summed E-state index contributed by atoms with van der Waals surface area (Å²) in [5.74, 6) is 1.09. The molecular weight excluding hydrogens is 667 g/mol.